The van der Waals surface area contributed by atoms with Crippen LogP contribution < -0.4 is 4.72 Å². The van der Waals surface area contributed by atoms with Crippen molar-refractivity contribution in [2.75, 3.05) is 59.0 Å². The molecule has 138 valence electrons. The lowest BCUT2D eigenvalue weighted by atomic mass is 9.98. The molecular weight excluding hydrogens is 332 g/mol. The molecule has 4 saturated heterocycles. The largest absolute Gasteiger partial charge is 0.466 e. The molecular formula is C15H28N4O4S. The van der Waals surface area contributed by atoms with E-state index in [4.69, 9.17) is 4.74 Å². The lowest BCUT2D eigenvalue weighted by Crippen LogP contribution is -2.64. The molecule has 4 rings (SSSR count). The predicted octanol–water partition coefficient (Wildman–Crippen LogP) is -0.904. The molecule has 0 aromatic rings. The fourth-order valence-corrected chi connectivity index (χ4v) is 5.08. The molecule has 0 aliphatic carbocycles. The molecule has 0 aromatic carbocycles. The van der Waals surface area contributed by atoms with Crippen LogP contribution in [0.25, 0.3) is 0 Å². The molecule has 0 spiro atoms. The zero-order valence-corrected chi connectivity index (χ0v) is 15.1. The molecule has 2 bridgehead atoms. The third-order valence-corrected chi connectivity index (χ3v) is 6.88. The maximum atomic E-state index is 12.5. The first-order chi connectivity index (χ1) is 11.5. The molecule has 4 heterocycles. The van der Waals surface area contributed by atoms with E-state index in [0.29, 0.717) is 39.1 Å². The Balaban J connectivity index is 1.47. The number of esters is 1. The number of carbonyl (C=O) groups is 1. The number of fused-ring (bicyclic) bond motifs is 3. The molecule has 4 aliphatic rings. The van der Waals surface area contributed by atoms with Gasteiger partial charge < -0.3 is 4.74 Å². The van der Waals surface area contributed by atoms with Gasteiger partial charge in [0.15, 0.2) is 0 Å². The molecule has 0 saturated carbocycles. The van der Waals surface area contributed by atoms with Crippen molar-refractivity contribution in [2.45, 2.75) is 25.8 Å². The summed E-state index contributed by atoms with van der Waals surface area (Å²) in [6, 6.07) is 0.263. The van der Waals surface area contributed by atoms with Crippen LogP contribution >= 0.6 is 0 Å². The Hall–Kier alpha value is -0.740. The van der Waals surface area contributed by atoms with E-state index in [1.54, 1.807) is 6.92 Å². The van der Waals surface area contributed by atoms with Crippen molar-refractivity contribution in [1.82, 2.24) is 18.8 Å². The standard InChI is InChI=1S/C15H28N4O4S/c1-2-23-15(20)13-3-5-19(6-4-13)24(21,22)16-11-14-12-17-7-9-18(14)10-8-17/h13-14,16H,2-12H2,1H3. The number of rotatable bonds is 6. The average Bonchev–Trinajstić information content (AvgIpc) is 2.61. The van der Waals surface area contributed by atoms with Crippen molar-refractivity contribution in [3.05, 3.63) is 0 Å². The van der Waals surface area contributed by atoms with Gasteiger partial charge in [0.05, 0.1) is 12.5 Å². The number of hydrogen-bond donors (Lipinski definition) is 1. The minimum atomic E-state index is -3.47. The summed E-state index contributed by atoms with van der Waals surface area (Å²) < 4.78 is 34.3. The van der Waals surface area contributed by atoms with Gasteiger partial charge in [-0.2, -0.15) is 12.7 Å². The van der Waals surface area contributed by atoms with Gasteiger partial charge in [-0.05, 0) is 19.8 Å². The Morgan fingerprint density at radius 1 is 1.12 bits per heavy atom. The van der Waals surface area contributed by atoms with Gasteiger partial charge in [-0.1, -0.05) is 0 Å². The molecule has 9 heteroatoms. The van der Waals surface area contributed by atoms with Crippen molar-refractivity contribution >= 4 is 16.2 Å². The highest BCUT2D eigenvalue weighted by Crippen LogP contribution is 2.21. The van der Waals surface area contributed by atoms with Crippen LogP contribution in [0.5, 0.6) is 0 Å². The van der Waals surface area contributed by atoms with Gasteiger partial charge >= 0.3 is 5.97 Å². The minimum Gasteiger partial charge on any atom is -0.466 e. The molecule has 1 N–H and O–H groups in total. The molecule has 0 amide bonds. The number of hydrogen-bond acceptors (Lipinski definition) is 6. The van der Waals surface area contributed by atoms with Crippen LogP contribution in [-0.2, 0) is 19.7 Å². The fourth-order valence-electron chi connectivity index (χ4n) is 3.80. The van der Waals surface area contributed by atoms with Gasteiger partial charge in [0.1, 0.15) is 0 Å². The number of piperazine rings is 3. The quantitative estimate of drug-likeness (QED) is 0.618. The molecule has 0 radical (unpaired) electrons. The number of nitrogens with zero attached hydrogens (tertiary/aromatic N) is 3. The predicted molar refractivity (Wildman–Crippen MR) is 89.7 cm³/mol. The highest BCUT2D eigenvalue weighted by Gasteiger charge is 2.35. The lowest BCUT2D eigenvalue weighted by molar-refractivity contribution is -0.149. The second-order valence-electron chi connectivity index (χ2n) is 6.77. The highest BCUT2D eigenvalue weighted by atomic mass is 32.2. The van der Waals surface area contributed by atoms with E-state index in [9.17, 15) is 13.2 Å². The first kappa shape index (κ1) is 18.1. The molecule has 8 nitrogen and oxygen atoms in total. The van der Waals surface area contributed by atoms with Crippen LogP contribution in [0.4, 0.5) is 0 Å². The summed E-state index contributed by atoms with van der Waals surface area (Å²) in [5.41, 5.74) is 0. The van der Waals surface area contributed by atoms with Gasteiger partial charge in [0, 0.05) is 58.4 Å². The first-order valence-electron chi connectivity index (χ1n) is 8.87. The number of piperidine rings is 1. The van der Waals surface area contributed by atoms with Crippen molar-refractivity contribution in [3.8, 4) is 0 Å². The Bertz CT molecular complexity index is 540. The van der Waals surface area contributed by atoms with E-state index in [0.717, 1.165) is 32.7 Å². The van der Waals surface area contributed by atoms with Crippen LogP contribution in [0.1, 0.15) is 19.8 Å². The first-order valence-corrected chi connectivity index (χ1v) is 10.3. The van der Waals surface area contributed by atoms with Gasteiger partial charge in [0.2, 0.25) is 0 Å². The molecule has 1 atom stereocenters. The second-order valence-corrected chi connectivity index (χ2v) is 8.52. The highest BCUT2D eigenvalue weighted by molar-refractivity contribution is 7.87. The van der Waals surface area contributed by atoms with Crippen molar-refractivity contribution < 1.29 is 17.9 Å². The maximum absolute atomic E-state index is 12.5. The zero-order valence-electron chi connectivity index (χ0n) is 14.3. The second kappa shape index (κ2) is 7.65. The van der Waals surface area contributed by atoms with E-state index >= 15 is 0 Å². The SMILES string of the molecule is CCOC(=O)C1CCN(S(=O)(=O)NCC2CN3CCN2CC3)CC1. The normalized spacial score (nSPS) is 32.0. The van der Waals surface area contributed by atoms with E-state index in [-0.39, 0.29) is 17.9 Å². The smallest absolute Gasteiger partial charge is 0.309 e. The van der Waals surface area contributed by atoms with E-state index < -0.39 is 10.2 Å². The van der Waals surface area contributed by atoms with Gasteiger partial charge in [-0.25, -0.2) is 4.72 Å². The van der Waals surface area contributed by atoms with Crippen LogP contribution in [-0.4, -0.2) is 93.5 Å². The number of carbonyl (C=O) groups excluding carboxylic acids is 1. The Morgan fingerprint density at radius 3 is 2.33 bits per heavy atom. The Morgan fingerprint density at radius 2 is 1.79 bits per heavy atom. The van der Waals surface area contributed by atoms with Crippen LogP contribution in [0.3, 0.4) is 0 Å². The van der Waals surface area contributed by atoms with Crippen LogP contribution in [0, 0.1) is 5.92 Å². The van der Waals surface area contributed by atoms with E-state index in [1.807, 2.05) is 0 Å². The minimum absolute atomic E-state index is 0.176. The van der Waals surface area contributed by atoms with Crippen molar-refractivity contribution in [1.29, 1.82) is 0 Å². The molecule has 4 fully saturated rings. The van der Waals surface area contributed by atoms with Crippen LogP contribution in [0.2, 0.25) is 0 Å². The zero-order chi connectivity index (χ0) is 17.2. The van der Waals surface area contributed by atoms with Gasteiger partial charge in [0.25, 0.3) is 10.2 Å². The third kappa shape index (κ3) is 4.08. The summed E-state index contributed by atoms with van der Waals surface area (Å²) in [6.45, 7) is 8.52. The van der Waals surface area contributed by atoms with E-state index in [1.165, 1.54) is 4.31 Å². The van der Waals surface area contributed by atoms with Gasteiger partial charge in [-0.3, -0.25) is 14.6 Å². The third-order valence-electron chi connectivity index (χ3n) is 5.31. The number of nitrogens with one attached hydrogen (secondary N) is 1. The summed E-state index contributed by atoms with van der Waals surface area (Å²) in [7, 11) is -3.47. The van der Waals surface area contributed by atoms with Crippen LogP contribution in [0.15, 0.2) is 0 Å². The summed E-state index contributed by atoms with van der Waals surface area (Å²) >= 11 is 0. The summed E-state index contributed by atoms with van der Waals surface area (Å²) in [5, 5.41) is 0. The summed E-state index contributed by atoms with van der Waals surface area (Å²) in [6.07, 6.45) is 1.06. The van der Waals surface area contributed by atoms with E-state index in [2.05, 4.69) is 14.5 Å². The number of ether oxygens (including phenoxy) is 1. The maximum Gasteiger partial charge on any atom is 0.309 e. The van der Waals surface area contributed by atoms with Gasteiger partial charge in [-0.15, -0.1) is 0 Å². The Kier molecular flexibility index (Phi) is 5.76. The van der Waals surface area contributed by atoms with Crippen molar-refractivity contribution in [2.24, 2.45) is 5.92 Å². The monoisotopic (exact) mass is 360 g/mol. The molecule has 24 heavy (non-hydrogen) atoms. The average molecular weight is 360 g/mol. The molecule has 0 aromatic heterocycles. The lowest BCUT2D eigenvalue weighted by Gasteiger charge is -2.47. The molecule has 1 unspecified atom stereocenters. The summed E-state index contributed by atoms with van der Waals surface area (Å²) in [5.74, 6) is -0.382. The summed E-state index contributed by atoms with van der Waals surface area (Å²) in [4.78, 5) is 16.5. The Labute approximate surface area is 144 Å². The van der Waals surface area contributed by atoms with Crippen molar-refractivity contribution in [3.63, 3.8) is 0 Å². The fraction of sp³-hybridized carbons (Fsp3) is 0.933. The molecule has 4 aliphatic heterocycles. The topological polar surface area (TPSA) is 82.2 Å².